The molecule has 2 aromatic carbocycles. The van der Waals surface area contributed by atoms with Crippen molar-refractivity contribution in [3.05, 3.63) is 52.6 Å². The summed E-state index contributed by atoms with van der Waals surface area (Å²) < 4.78 is 39.0. The van der Waals surface area contributed by atoms with Gasteiger partial charge >= 0.3 is 0 Å². The maximum absolute atomic E-state index is 14.5. The highest BCUT2D eigenvalue weighted by atomic mass is 32.2. The molecule has 4 amide bonds. The molecule has 45 heavy (non-hydrogen) atoms. The van der Waals surface area contributed by atoms with Crippen LogP contribution in [0.2, 0.25) is 0 Å². The first-order chi connectivity index (χ1) is 21.4. The number of imide groups is 2. The van der Waals surface area contributed by atoms with E-state index in [1.807, 2.05) is 6.07 Å². The Morgan fingerprint density at radius 2 is 1.69 bits per heavy atom. The van der Waals surface area contributed by atoms with E-state index in [2.05, 4.69) is 20.0 Å². The molecule has 4 heterocycles. The molecule has 3 saturated heterocycles. The molecule has 0 aromatic heterocycles. The quantitative estimate of drug-likeness (QED) is 0.433. The van der Waals surface area contributed by atoms with Crippen LogP contribution in [-0.4, -0.2) is 111 Å². The molecule has 1 unspecified atom stereocenters. The summed E-state index contributed by atoms with van der Waals surface area (Å²) in [5.41, 5.74) is 2.77. The molecule has 0 spiro atoms. The van der Waals surface area contributed by atoms with Crippen molar-refractivity contribution in [2.75, 3.05) is 61.9 Å². The molecule has 2 N–H and O–H groups in total. The molecule has 0 radical (unpaired) electrons. The smallest absolute Gasteiger partial charge is 0.264 e. The Morgan fingerprint density at radius 1 is 0.956 bits per heavy atom. The molecular weight excluding hydrogens is 605 g/mol. The van der Waals surface area contributed by atoms with Gasteiger partial charge in [-0.15, -0.1) is 0 Å². The normalized spacial score (nSPS) is 25.8. The summed E-state index contributed by atoms with van der Waals surface area (Å²) in [7, 11) is -3.61. The molecule has 12 nitrogen and oxygen atoms in total. The van der Waals surface area contributed by atoms with E-state index in [1.54, 1.807) is 18.2 Å². The third-order valence-corrected chi connectivity index (χ3v) is 10.9. The molecule has 1 aliphatic carbocycles. The molecule has 14 heteroatoms. The second-order valence-electron chi connectivity index (χ2n) is 12.6. The number of benzene rings is 2. The number of hydrogen-bond donors (Lipinski definition) is 2. The molecule has 3 atom stereocenters. The minimum Gasteiger partial charge on any atom is -0.385 e. The summed E-state index contributed by atoms with van der Waals surface area (Å²) in [5.74, 6) is -1.73. The summed E-state index contributed by atoms with van der Waals surface area (Å²) in [6, 6.07) is 7.35. The second-order valence-corrected chi connectivity index (χ2v) is 14.6. The Morgan fingerprint density at radius 3 is 2.38 bits per heavy atom. The Bertz CT molecular complexity index is 1740. The van der Waals surface area contributed by atoms with Crippen LogP contribution < -0.4 is 15.1 Å². The molecule has 4 aliphatic heterocycles. The number of nitrogens with one attached hydrogen (secondary N) is 1. The van der Waals surface area contributed by atoms with Crippen LogP contribution in [0.15, 0.2) is 35.2 Å². The van der Waals surface area contributed by atoms with E-state index in [0.717, 1.165) is 49.6 Å². The number of sulfone groups is 1. The van der Waals surface area contributed by atoms with Crippen molar-refractivity contribution in [2.45, 2.75) is 42.5 Å². The Hall–Kier alpha value is -3.88. The van der Waals surface area contributed by atoms with E-state index in [9.17, 15) is 37.1 Å². The van der Waals surface area contributed by atoms with Crippen molar-refractivity contribution in [1.82, 2.24) is 15.1 Å². The minimum atomic E-state index is -3.61. The number of anilines is 2. The first kappa shape index (κ1) is 29.8. The summed E-state index contributed by atoms with van der Waals surface area (Å²) in [6.45, 7) is 5.08. The Balaban J connectivity index is 0.982. The topological polar surface area (TPSA) is 148 Å². The van der Waals surface area contributed by atoms with Crippen LogP contribution in [-0.2, 0) is 25.8 Å². The number of carbonyl (C=O) groups excluding carboxylic acids is 4. The van der Waals surface area contributed by atoms with Crippen LogP contribution in [0, 0.1) is 5.92 Å². The van der Waals surface area contributed by atoms with E-state index in [1.165, 1.54) is 6.07 Å². The third-order valence-electron chi connectivity index (χ3n) is 9.70. The minimum absolute atomic E-state index is 0.0114. The molecule has 7 rings (SSSR count). The maximum atomic E-state index is 14.5. The predicted octanol–water partition coefficient (Wildman–Crippen LogP) is 0.677. The highest BCUT2D eigenvalue weighted by Crippen LogP contribution is 2.44. The highest BCUT2D eigenvalue weighted by Gasteiger charge is 2.46. The second kappa shape index (κ2) is 10.9. The monoisotopic (exact) mass is 639 g/mol. The molecule has 2 aromatic rings. The van der Waals surface area contributed by atoms with Gasteiger partial charge in [-0.3, -0.25) is 34.3 Å². The van der Waals surface area contributed by atoms with Crippen LogP contribution in [0.3, 0.4) is 0 Å². The lowest BCUT2D eigenvalue weighted by molar-refractivity contribution is -0.136. The number of nitrogens with zero attached hydrogens (tertiary/aromatic N) is 4. The predicted molar refractivity (Wildman–Crippen MR) is 161 cm³/mol. The Kier molecular flexibility index (Phi) is 7.21. The van der Waals surface area contributed by atoms with E-state index in [4.69, 9.17) is 0 Å². The SMILES string of the molecule is CS(=O)(=O)c1ccc(N2CC(CN3CCN(c4cccc5c4C(=O)N(C4CCC(=O)NC4=O)C5=O)CC3)C2)c2c1[C@H](O)[C@H](F)C2. The van der Waals surface area contributed by atoms with Crippen molar-refractivity contribution in [1.29, 1.82) is 0 Å². The number of rotatable bonds is 6. The van der Waals surface area contributed by atoms with Crippen LogP contribution in [0.4, 0.5) is 15.8 Å². The fourth-order valence-electron chi connectivity index (χ4n) is 7.46. The number of hydrogen-bond acceptors (Lipinski definition) is 10. The third kappa shape index (κ3) is 4.99. The first-order valence-electron chi connectivity index (χ1n) is 15.2. The number of alkyl halides is 1. The van der Waals surface area contributed by atoms with E-state index < -0.39 is 51.8 Å². The van der Waals surface area contributed by atoms with Gasteiger partial charge in [0.1, 0.15) is 18.3 Å². The maximum Gasteiger partial charge on any atom is 0.264 e. The largest absolute Gasteiger partial charge is 0.385 e. The van der Waals surface area contributed by atoms with Gasteiger partial charge in [-0.05, 0) is 36.2 Å². The highest BCUT2D eigenvalue weighted by molar-refractivity contribution is 7.90. The summed E-state index contributed by atoms with van der Waals surface area (Å²) in [4.78, 5) is 58.3. The molecule has 238 valence electrons. The average molecular weight is 640 g/mol. The number of amides is 4. The van der Waals surface area contributed by atoms with Crippen molar-refractivity contribution < 1.29 is 37.1 Å². The van der Waals surface area contributed by atoms with Gasteiger partial charge in [0.25, 0.3) is 11.8 Å². The van der Waals surface area contributed by atoms with Crippen molar-refractivity contribution in [3.63, 3.8) is 0 Å². The van der Waals surface area contributed by atoms with Gasteiger partial charge in [0.05, 0.1) is 21.7 Å². The summed E-state index contributed by atoms with van der Waals surface area (Å²) in [6.07, 6.45) is -1.75. The number of aliphatic hydroxyl groups excluding tert-OH is 1. The van der Waals surface area contributed by atoms with Gasteiger partial charge in [0, 0.05) is 82.1 Å². The lowest BCUT2D eigenvalue weighted by Crippen LogP contribution is -2.55. The first-order valence-corrected chi connectivity index (χ1v) is 17.1. The van der Waals surface area contributed by atoms with Gasteiger partial charge < -0.3 is 14.9 Å². The number of fused-ring (bicyclic) bond motifs is 2. The molecule has 0 bridgehead atoms. The fraction of sp³-hybridized carbons (Fsp3) is 0.484. The van der Waals surface area contributed by atoms with Gasteiger partial charge in [-0.2, -0.15) is 0 Å². The van der Waals surface area contributed by atoms with E-state index in [-0.39, 0.29) is 35.3 Å². The van der Waals surface area contributed by atoms with E-state index >= 15 is 0 Å². The number of aliphatic hydroxyl groups is 1. The van der Waals surface area contributed by atoms with Crippen molar-refractivity contribution >= 4 is 44.8 Å². The van der Waals surface area contributed by atoms with Gasteiger partial charge in [-0.25, -0.2) is 12.8 Å². The summed E-state index contributed by atoms with van der Waals surface area (Å²) in [5, 5.41) is 12.6. The van der Waals surface area contributed by atoms with Gasteiger partial charge in [-0.1, -0.05) is 6.07 Å². The number of piperazine rings is 1. The lowest BCUT2D eigenvalue weighted by atomic mass is 9.95. The van der Waals surface area contributed by atoms with Crippen LogP contribution in [0.5, 0.6) is 0 Å². The molecule has 3 fully saturated rings. The lowest BCUT2D eigenvalue weighted by Gasteiger charge is -2.45. The van der Waals surface area contributed by atoms with Crippen molar-refractivity contribution in [2.24, 2.45) is 5.92 Å². The zero-order valence-electron chi connectivity index (χ0n) is 24.7. The van der Waals surface area contributed by atoms with E-state index in [0.29, 0.717) is 35.8 Å². The van der Waals surface area contributed by atoms with Crippen LogP contribution in [0.1, 0.15) is 50.8 Å². The average Bonchev–Trinajstić information content (AvgIpc) is 3.42. The number of halogens is 1. The van der Waals surface area contributed by atoms with Gasteiger partial charge in [0.2, 0.25) is 11.8 Å². The van der Waals surface area contributed by atoms with Crippen LogP contribution >= 0.6 is 0 Å². The number of carbonyl (C=O) groups is 4. The van der Waals surface area contributed by atoms with Gasteiger partial charge in [0.15, 0.2) is 9.84 Å². The summed E-state index contributed by atoms with van der Waals surface area (Å²) >= 11 is 0. The molecular formula is C31H34FN5O7S. The van der Waals surface area contributed by atoms with Crippen LogP contribution in [0.25, 0.3) is 0 Å². The van der Waals surface area contributed by atoms with Crippen molar-refractivity contribution in [3.8, 4) is 0 Å². The molecule has 5 aliphatic rings. The fourth-order valence-corrected chi connectivity index (χ4v) is 8.42. The molecule has 0 saturated carbocycles. The number of piperidine rings is 1. The standard InChI is InChI=1S/C31H34FN5O7S/c1-45(43,44)24-7-5-21(19-13-20(32)28(39)27(19)24)36-15-17(16-36)14-34-9-11-35(12-10-34)22-4-2-3-18-26(22)31(42)37(30(18)41)23-6-8-25(38)33-29(23)40/h2-5,7,17,20,23,28,39H,6,8-16H2,1H3,(H,33,38,40)/t20-,23?,28-/m1/s1. The Labute approximate surface area is 259 Å². The zero-order valence-corrected chi connectivity index (χ0v) is 25.6. The zero-order chi connectivity index (χ0) is 31.8.